The Morgan fingerprint density at radius 3 is 2.09 bits per heavy atom. The SMILES string of the molecule is N#C[C@@H]1CC(F)(F)CN1C(=O)CNC(=O)c1ccnc2c(NC(=O)CCC(=O)NCCNC(=O)CCC(C(=O)O)N3CCN(C(=O)O)CN(CC(=O)O)CN(CC(=O)O)C3)cccc12. The minimum atomic E-state index is -3.22. The smallest absolute Gasteiger partial charge is 0.408 e. The zero-order chi connectivity index (χ0) is 47.1. The number of likely N-dealkylation sites (tertiary alicyclic amines) is 1. The van der Waals surface area contributed by atoms with Crippen molar-refractivity contribution in [3.05, 3.63) is 36.0 Å². The first-order valence-electron chi connectivity index (χ1n) is 19.7. The summed E-state index contributed by atoms with van der Waals surface area (Å²) in [6, 6.07) is 4.87. The zero-order valence-electron chi connectivity index (χ0n) is 34.2. The highest BCUT2D eigenvalue weighted by molar-refractivity contribution is 6.10. The molecular formula is C38H47F2N11O13. The van der Waals surface area contributed by atoms with Gasteiger partial charge in [-0.05, 0) is 18.6 Å². The summed E-state index contributed by atoms with van der Waals surface area (Å²) in [7, 11) is 0. The van der Waals surface area contributed by atoms with Crippen molar-refractivity contribution in [2.24, 2.45) is 0 Å². The molecule has 64 heavy (non-hydrogen) atoms. The number of anilines is 1. The van der Waals surface area contributed by atoms with E-state index in [1.54, 1.807) is 6.07 Å². The topological polar surface area (TPSA) is 336 Å². The van der Waals surface area contributed by atoms with Gasteiger partial charge in [0.1, 0.15) is 12.1 Å². The number of nitrogens with zero attached hydrogens (tertiary/aromatic N) is 7. The van der Waals surface area contributed by atoms with Gasteiger partial charge >= 0.3 is 24.0 Å². The molecular weight excluding hydrogens is 856 g/mol. The number of fused-ring (bicyclic) bond motifs is 1. The van der Waals surface area contributed by atoms with Crippen molar-refractivity contribution < 1.29 is 72.4 Å². The first kappa shape index (κ1) is 49.5. The number of aromatic nitrogens is 1. The van der Waals surface area contributed by atoms with Gasteiger partial charge in [0, 0.05) is 63.4 Å². The number of para-hydroxylation sites is 1. The van der Waals surface area contributed by atoms with Gasteiger partial charge in [0.15, 0.2) is 0 Å². The monoisotopic (exact) mass is 903 g/mol. The van der Waals surface area contributed by atoms with Gasteiger partial charge in [0.05, 0.1) is 69.0 Å². The number of carboxylic acid groups (broad SMARTS) is 4. The predicted molar refractivity (Wildman–Crippen MR) is 214 cm³/mol. The molecule has 2 aromatic rings. The van der Waals surface area contributed by atoms with Crippen LogP contribution in [0.15, 0.2) is 30.5 Å². The summed E-state index contributed by atoms with van der Waals surface area (Å²) in [4.78, 5) is 120. The van der Waals surface area contributed by atoms with E-state index < -0.39 is 104 Å². The molecule has 4 rings (SSSR count). The van der Waals surface area contributed by atoms with Crippen LogP contribution in [0.1, 0.15) is 42.5 Å². The molecule has 2 saturated heterocycles. The molecule has 346 valence electrons. The van der Waals surface area contributed by atoms with Crippen LogP contribution >= 0.6 is 0 Å². The maximum atomic E-state index is 13.8. The van der Waals surface area contributed by atoms with E-state index in [1.807, 2.05) is 0 Å². The van der Waals surface area contributed by atoms with E-state index in [0.717, 1.165) is 4.90 Å². The number of amides is 6. The molecule has 2 fully saturated rings. The van der Waals surface area contributed by atoms with Crippen LogP contribution in [0.4, 0.5) is 19.3 Å². The molecule has 3 heterocycles. The highest BCUT2D eigenvalue weighted by Gasteiger charge is 2.47. The van der Waals surface area contributed by atoms with E-state index in [9.17, 15) is 72.4 Å². The first-order chi connectivity index (χ1) is 30.3. The van der Waals surface area contributed by atoms with E-state index in [2.05, 4.69) is 26.3 Å². The summed E-state index contributed by atoms with van der Waals surface area (Å²) in [6.45, 7) is -4.40. The molecule has 8 N–H and O–H groups in total. The molecule has 1 unspecified atom stereocenters. The standard InChI is InChI=1S/C38H47F2N11O13/c39-38(40)14-23(15-41)51(19-38)31(55)16-45-35(60)25-8-9-44-34-24(25)2-1-3-26(34)46-30(54)7-6-29(53)43-11-10-42-28(52)5-4-27(36(61)62)49-12-13-50(37(63)64)22-48(18-33(58)59)20-47(21-49)17-32(56)57/h1-3,8-9,23,27H,4-7,10-14,16-22H2,(H,42,52)(H,43,53)(H,45,60)(H,46,54)(H,56,57)(H,58,59)(H,61,62)(H,63,64)/t23-,27?/m0/s1. The average molecular weight is 904 g/mol. The molecule has 6 amide bonds. The third kappa shape index (κ3) is 14.8. The summed E-state index contributed by atoms with van der Waals surface area (Å²) in [5.74, 6) is -10.5. The summed E-state index contributed by atoms with van der Waals surface area (Å²) in [5.41, 5.74) is 0.446. The van der Waals surface area contributed by atoms with Crippen molar-refractivity contribution in [2.75, 3.05) is 77.7 Å². The molecule has 2 aliphatic rings. The predicted octanol–water partition coefficient (Wildman–Crippen LogP) is -1.15. The number of nitrogens with one attached hydrogen (secondary N) is 4. The molecule has 0 bridgehead atoms. The quantitative estimate of drug-likeness (QED) is 0.0772. The van der Waals surface area contributed by atoms with Crippen LogP contribution in [0.5, 0.6) is 0 Å². The lowest BCUT2D eigenvalue weighted by atomic mass is 10.1. The Morgan fingerprint density at radius 1 is 0.828 bits per heavy atom. The van der Waals surface area contributed by atoms with Gasteiger partial charge in [-0.1, -0.05) is 12.1 Å². The Kier molecular flexibility index (Phi) is 17.7. The summed E-state index contributed by atoms with van der Waals surface area (Å²) < 4.78 is 27.6. The second kappa shape index (κ2) is 22.8. The Morgan fingerprint density at radius 2 is 1.47 bits per heavy atom. The Balaban J connectivity index is 1.23. The van der Waals surface area contributed by atoms with Gasteiger partial charge < -0.3 is 46.6 Å². The zero-order valence-corrected chi connectivity index (χ0v) is 34.2. The number of carboxylic acids is 3. The van der Waals surface area contributed by atoms with Gasteiger partial charge in [-0.25, -0.2) is 13.6 Å². The molecule has 0 radical (unpaired) electrons. The fourth-order valence-electron chi connectivity index (χ4n) is 7.03. The number of alkyl halides is 2. The van der Waals surface area contributed by atoms with Crippen LogP contribution in [0.3, 0.4) is 0 Å². The summed E-state index contributed by atoms with van der Waals surface area (Å²) in [5, 5.41) is 57.9. The van der Waals surface area contributed by atoms with Crippen LogP contribution in [-0.2, 0) is 33.6 Å². The van der Waals surface area contributed by atoms with Crippen molar-refractivity contribution in [1.82, 2.24) is 45.4 Å². The van der Waals surface area contributed by atoms with Crippen LogP contribution in [-0.4, -0.2) is 194 Å². The van der Waals surface area contributed by atoms with E-state index in [0.29, 0.717) is 4.90 Å². The van der Waals surface area contributed by atoms with E-state index in [1.165, 1.54) is 45.2 Å². The highest BCUT2D eigenvalue weighted by atomic mass is 19.3. The molecule has 24 nitrogen and oxygen atoms in total. The maximum Gasteiger partial charge on any atom is 0.408 e. The van der Waals surface area contributed by atoms with E-state index in [-0.39, 0.29) is 94.0 Å². The van der Waals surface area contributed by atoms with Crippen molar-refractivity contribution >= 4 is 70.1 Å². The number of aliphatic carboxylic acids is 3. The first-order valence-corrected chi connectivity index (χ1v) is 19.7. The number of carbonyl (C=O) groups is 9. The molecule has 0 saturated carbocycles. The van der Waals surface area contributed by atoms with Gasteiger partial charge in [0.2, 0.25) is 23.6 Å². The molecule has 0 aliphatic carbocycles. The lowest BCUT2D eigenvalue weighted by Crippen LogP contribution is -2.51. The number of rotatable bonds is 19. The summed E-state index contributed by atoms with van der Waals surface area (Å²) in [6.07, 6.45) is -2.08. The third-order valence-corrected chi connectivity index (χ3v) is 9.95. The summed E-state index contributed by atoms with van der Waals surface area (Å²) >= 11 is 0. The molecule has 2 aliphatic heterocycles. The molecule has 1 aromatic carbocycles. The second-order valence-corrected chi connectivity index (χ2v) is 14.8. The van der Waals surface area contributed by atoms with Gasteiger partial charge in [-0.3, -0.25) is 62.9 Å². The average Bonchev–Trinajstić information content (AvgIpc) is 3.58. The van der Waals surface area contributed by atoms with Crippen molar-refractivity contribution in [3.8, 4) is 6.07 Å². The Bertz CT molecular complexity index is 2160. The number of hydrogen-bond acceptors (Lipinski definition) is 14. The second-order valence-electron chi connectivity index (χ2n) is 14.8. The molecule has 0 spiro atoms. The molecule has 2 atom stereocenters. The van der Waals surface area contributed by atoms with Crippen LogP contribution in [0.2, 0.25) is 0 Å². The largest absolute Gasteiger partial charge is 0.480 e. The number of pyridine rings is 1. The Hall–Kier alpha value is -7.11. The number of benzene rings is 1. The van der Waals surface area contributed by atoms with Crippen molar-refractivity contribution in [1.29, 1.82) is 5.26 Å². The minimum Gasteiger partial charge on any atom is -0.480 e. The van der Waals surface area contributed by atoms with Crippen LogP contribution in [0.25, 0.3) is 10.9 Å². The third-order valence-electron chi connectivity index (χ3n) is 9.95. The molecule has 1 aromatic heterocycles. The molecule has 26 heteroatoms. The lowest BCUT2D eigenvalue weighted by Gasteiger charge is -2.33. The van der Waals surface area contributed by atoms with Crippen LogP contribution in [0, 0.1) is 11.3 Å². The highest BCUT2D eigenvalue weighted by Crippen LogP contribution is 2.31. The van der Waals surface area contributed by atoms with E-state index >= 15 is 0 Å². The number of carbonyl (C=O) groups excluding carboxylic acids is 5. The van der Waals surface area contributed by atoms with Gasteiger partial charge in [0.25, 0.3) is 11.8 Å². The number of nitriles is 1. The van der Waals surface area contributed by atoms with Crippen LogP contribution < -0.4 is 21.3 Å². The van der Waals surface area contributed by atoms with Crippen molar-refractivity contribution in [2.45, 2.75) is 50.1 Å². The minimum absolute atomic E-state index is 0.0553. The van der Waals surface area contributed by atoms with Gasteiger partial charge in [-0.2, -0.15) is 5.26 Å². The van der Waals surface area contributed by atoms with Gasteiger partial charge in [-0.15, -0.1) is 0 Å². The number of hydrogen-bond donors (Lipinski definition) is 8. The number of halogens is 2. The fourth-order valence-corrected chi connectivity index (χ4v) is 7.03. The fraction of sp³-hybridized carbons (Fsp3) is 0.500. The van der Waals surface area contributed by atoms with E-state index in [4.69, 9.17) is 5.26 Å². The Labute approximate surface area is 362 Å². The van der Waals surface area contributed by atoms with Crippen molar-refractivity contribution in [3.63, 3.8) is 0 Å². The normalized spacial score (nSPS) is 17.5. The maximum absolute atomic E-state index is 13.8. The lowest BCUT2D eigenvalue weighted by molar-refractivity contribution is -0.145.